The minimum Gasteiger partial charge on any atom is -0.381 e. The molecular weight excluding hydrogens is 274 g/mol. The van der Waals surface area contributed by atoms with Gasteiger partial charge in [-0.05, 0) is 50.8 Å². The number of aryl methyl sites for hydroxylation is 1. The van der Waals surface area contributed by atoms with Crippen LogP contribution >= 0.6 is 0 Å². The third-order valence-corrected chi connectivity index (χ3v) is 5.02. The summed E-state index contributed by atoms with van der Waals surface area (Å²) < 4.78 is 5.47. The summed E-state index contributed by atoms with van der Waals surface area (Å²) >= 11 is 0. The average molecular weight is 303 g/mol. The summed E-state index contributed by atoms with van der Waals surface area (Å²) in [5.41, 5.74) is 3.67. The Hall–Kier alpha value is -1.13. The zero-order chi connectivity index (χ0) is 15.5. The topological polar surface area (TPSA) is 28.6 Å². The molecule has 0 N–H and O–H groups in total. The van der Waals surface area contributed by atoms with Crippen molar-refractivity contribution < 1.29 is 4.74 Å². The summed E-state index contributed by atoms with van der Waals surface area (Å²) in [7, 11) is 4.20. The zero-order valence-corrected chi connectivity index (χ0v) is 14.2. The van der Waals surface area contributed by atoms with Gasteiger partial charge in [0, 0.05) is 63.4 Å². The van der Waals surface area contributed by atoms with Crippen LogP contribution in [-0.4, -0.2) is 56.8 Å². The molecular formula is C18H29N3O. The van der Waals surface area contributed by atoms with Crippen LogP contribution in [0.1, 0.15) is 36.6 Å². The van der Waals surface area contributed by atoms with Gasteiger partial charge >= 0.3 is 0 Å². The molecule has 2 aliphatic heterocycles. The van der Waals surface area contributed by atoms with Gasteiger partial charge < -0.3 is 14.5 Å². The van der Waals surface area contributed by atoms with Crippen LogP contribution < -0.4 is 4.90 Å². The van der Waals surface area contributed by atoms with Crippen molar-refractivity contribution >= 4 is 5.69 Å². The van der Waals surface area contributed by atoms with Crippen LogP contribution in [0.5, 0.6) is 0 Å². The number of rotatable bonds is 4. The van der Waals surface area contributed by atoms with E-state index in [4.69, 9.17) is 9.72 Å². The van der Waals surface area contributed by atoms with Gasteiger partial charge in [0.25, 0.3) is 0 Å². The van der Waals surface area contributed by atoms with Crippen LogP contribution in [0.3, 0.4) is 0 Å². The quantitative estimate of drug-likeness (QED) is 0.855. The average Bonchev–Trinajstić information content (AvgIpc) is 2.96. The summed E-state index contributed by atoms with van der Waals surface area (Å²) in [5, 5.41) is 0. The normalized spacial score (nSPS) is 23.9. The molecule has 3 rings (SSSR count). The number of likely N-dealkylation sites (tertiary alicyclic amines) is 1. The molecule has 22 heavy (non-hydrogen) atoms. The van der Waals surface area contributed by atoms with Crippen LogP contribution in [0.4, 0.5) is 5.69 Å². The molecule has 2 fully saturated rings. The Morgan fingerprint density at radius 1 is 1.23 bits per heavy atom. The van der Waals surface area contributed by atoms with E-state index in [-0.39, 0.29) is 0 Å². The molecule has 0 spiro atoms. The molecule has 0 aliphatic carbocycles. The fourth-order valence-electron chi connectivity index (χ4n) is 3.68. The van der Waals surface area contributed by atoms with E-state index in [1.54, 1.807) is 0 Å². The second-order valence-electron chi connectivity index (χ2n) is 7.09. The van der Waals surface area contributed by atoms with Gasteiger partial charge in [-0.25, -0.2) is 0 Å². The third kappa shape index (κ3) is 3.79. The van der Waals surface area contributed by atoms with Gasteiger partial charge in [-0.1, -0.05) is 0 Å². The molecule has 1 atom stereocenters. The van der Waals surface area contributed by atoms with Crippen LogP contribution in [0.2, 0.25) is 0 Å². The van der Waals surface area contributed by atoms with E-state index in [0.29, 0.717) is 5.92 Å². The number of anilines is 1. The molecule has 4 nitrogen and oxygen atoms in total. The molecule has 2 saturated heterocycles. The van der Waals surface area contributed by atoms with Crippen molar-refractivity contribution in [3.63, 3.8) is 0 Å². The van der Waals surface area contributed by atoms with Crippen molar-refractivity contribution in [3.8, 4) is 0 Å². The third-order valence-electron chi connectivity index (χ3n) is 5.02. The fraction of sp³-hybridized carbons (Fsp3) is 0.722. The fourth-order valence-corrected chi connectivity index (χ4v) is 3.68. The smallest absolute Gasteiger partial charge is 0.0471 e. The van der Waals surface area contributed by atoms with E-state index >= 15 is 0 Å². The minimum atomic E-state index is 0.596. The maximum Gasteiger partial charge on any atom is 0.0471 e. The molecule has 0 unspecified atom stereocenters. The number of nitrogens with zero attached hydrogens (tertiary/aromatic N) is 3. The molecule has 0 bridgehead atoms. The zero-order valence-electron chi connectivity index (χ0n) is 14.2. The van der Waals surface area contributed by atoms with Crippen LogP contribution in [0.25, 0.3) is 0 Å². The van der Waals surface area contributed by atoms with Gasteiger partial charge in [0.15, 0.2) is 0 Å². The van der Waals surface area contributed by atoms with Crippen LogP contribution in [-0.2, 0) is 4.74 Å². The highest BCUT2D eigenvalue weighted by Gasteiger charge is 2.27. The van der Waals surface area contributed by atoms with E-state index in [0.717, 1.165) is 24.8 Å². The lowest BCUT2D eigenvalue weighted by atomic mass is 9.99. The van der Waals surface area contributed by atoms with E-state index in [9.17, 15) is 0 Å². The van der Waals surface area contributed by atoms with Gasteiger partial charge in [0.1, 0.15) is 0 Å². The monoisotopic (exact) mass is 303 g/mol. The molecule has 2 aliphatic rings. The second kappa shape index (κ2) is 6.97. The second-order valence-corrected chi connectivity index (χ2v) is 7.09. The summed E-state index contributed by atoms with van der Waals surface area (Å²) in [6.45, 7) is 7.63. The van der Waals surface area contributed by atoms with Crippen molar-refractivity contribution in [1.29, 1.82) is 0 Å². The first-order valence-corrected chi connectivity index (χ1v) is 8.58. The molecule has 0 amide bonds. The predicted molar refractivity (Wildman–Crippen MR) is 90.6 cm³/mol. The van der Waals surface area contributed by atoms with Crippen LogP contribution in [0, 0.1) is 12.8 Å². The summed E-state index contributed by atoms with van der Waals surface area (Å²) in [5.74, 6) is 1.42. The standard InChI is InChI=1S/C18H29N3O/c1-14-10-17(20(2)3)11-18(19-14)16-4-7-21(13-16)12-15-5-8-22-9-6-15/h10-11,15-16H,4-9,12-13H2,1-3H3/t16-/m0/s1. The molecule has 3 heterocycles. The Morgan fingerprint density at radius 2 is 2.00 bits per heavy atom. The number of ether oxygens (including phenoxy) is 1. The maximum atomic E-state index is 5.47. The Kier molecular flexibility index (Phi) is 4.99. The van der Waals surface area contributed by atoms with Gasteiger partial charge in [0.05, 0.1) is 0 Å². The minimum absolute atomic E-state index is 0.596. The Balaban J connectivity index is 1.62. The van der Waals surface area contributed by atoms with Crippen molar-refractivity contribution in [3.05, 3.63) is 23.5 Å². The lowest BCUT2D eigenvalue weighted by Gasteiger charge is -2.27. The van der Waals surface area contributed by atoms with E-state index in [2.05, 4.69) is 43.0 Å². The first-order chi connectivity index (χ1) is 10.6. The molecule has 122 valence electrons. The number of aromatic nitrogens is 1. The summed E-state index contributed by atoms with van der Waals surface area (Å²) in [6, 6.07) is 4.44. The van der Waals surface area contributed by atoms with Gasteiger partial charge in [0.2, 0.25) is 0 Å². The lowest BCUT2D eigenvalue weighted by Crippen LogP contribution is -2.30. The molecule has 0 radical (unpaired) electrons. The van der Waals surface area contributed by atoms with E-state index < -0.39 is 0 Å². The summed E-state index contributed by atoms with van der Waals surface area (Å²) in [4.78, 5) is 9.62. The van der Waals surface area contributed by atoms with E-state index in [1.165, 1.54) is 50.3 Å². The Labute approximate surface area is 134 Å². The van der Waals surface area contributed by atoms with Crippen LogP contribution in [0.15, 0.2) is 12.1 Å². The highest BCUT2D eigenvalue weighted by Crippen LogP contribution is 2.30. The van der Waals surface area contributed by atoms with Crippen molar-refractivity contribution in [2.75, 3.05) is 51.8 Å². The number of hydrogen-bond donors (Lipinski definition) is 0. The first-order valence-electron chi connectivity index (χ1n) is 8.58. The lowest BCUT2D eigenvalue weighted by molar-refractivity contribution is 0.0553. The van der Waals surface area contributed by atoms with E-state index in [1.807, 2.05) is 0 Å². The molecule has 0 saturated carbocycles. The molecule has 0 aromatic carbocycles. The highest BCUT2D eigenvalue weighted by molar-refractivity contribution is 5.47. The molecule has 4 heteroatoms. The van der Waals surface area contributed by atoms with Gasteiger partial charge in [-0.2, -0.15) is 0 Å². The SMILES string of the molecule is Cc1cc(N(C)C)cc([C@H]2CCN(CC3CCOCC3)C2)n1. The van der Waals surface area contributed by atoms with Gasteiger partial charge in [-0.3, -0.25) is 4.98 Å². The van der Waals surface area contributed by atoms with Crippen molar-refractivity contribution in [1.82, 2.24) is 9.88 Å². The van der Waals surface area contributed by atoms with Gasteiger partial charge in [-0.15, -0.1) is 0 Å². The highest BCUT2D eigenvalue weighted by atomic mass is 16.5. The van der Waals surface area contributed by atoms with Crippen molar-refractivity contribution in [2.45, 2.75) is 32.1 Å². The summed E-state index contributed by atoms with van der Waals surface area (Å²) in [6.07, 6.45) is 3.70. The number of hydrogen-bond acceptors (Lipinski definition) is 4. The first kappa shape index (κ1) is 15.8. The molecule has 1 aromatic rings. The van der Waals surface area contributed by atoms with Crippen molar-refractivity contribution in [2.24, 2.45) is 5.92 Å². The largest absolute Gasteiger partial charge is 0.381 e. The predicted octanol–water partition coefficient (Wildman–Crippen LogP) is 2.67. The molecule has 1 aromatic heterocycles. The number of pyridine rings is 1. The maximum absolute atomic E-state index is 5.47. The Bertz CT molecular complexity index is 497. The Morgan fingerprint density at radius 3 is 2.73 bits per heavy atom.